The van der Waals surface area contributed by atoms with E-state index in [1.165, 1.54) is 11.1 Å². The minimum absolute atomic E-state index is 0.143. The van der Waals surface area contributed by atoms with E-state index >= 15 is 0 Å². The standard InChI is InChI=1S/C17H25NO2/c18-12-17(16(19)14-6-9-20-10-7-14)8-5-13-3-1-2-4-15(13)11-17/h1-4,14,16,19H,5-12,18H2. The van der Waals surface area contributed by atoms with Crippen LogP contribution >= 0.6 is 0 Å². The molecule has 1 aromatic rings. The fraction of sp³-hybridized carbons (Fsp3) is 0.647. The number of nitrogens with two attached hydrogens (primary N) is 1. The second-order valence-electron chi connectivity index (χ2n) is 6.41. The van der Waals surface area contributed by atoms with Gasteiger partial charge in [-0.3, -0.25) is 0 Å². The molecule has 0 radical (unpaired) electrons. The van der Waals surface area contributed by atoms with Crippen LogP contribution in [0.4, 0.5) is 0 Å². The monoisotopic (exact) mass is 275 g/mol. The van der Waals surface area contributed by atoms with Crippen molar-refractivity contribution in [1.82, 2.24) is 0 Å². The van der Waals surface area contributed by atoms with Gasteiger partial charge in [-0.25, -0.2) is 0 Å². The highest BCUT2D eigenvalue weighted by Crippen LogP contribution is 2.41. The predicted octanol–water partition coefficient (Wildman–Crippen LogP) is 1.91. The van der Waals surface area contributed by atoms with Crippen molar-refractivity contribution in [3.05, 3.63) is 35.4 Å². The molecule has 3 rings (SSSR count). The van der Waals surface area contributed by atoms with Crippen LogP contribution in [0, 0.1) is 11.3 Å². The fourth-order valence-corrected chi connectivity index (χ4v) is 3.90. The van der Waals surface area contributed by atoms with Gasteiger partial charge in [0.05, 0.1) is 6.10 Å². The molecule has 0 spiro atoms. The average molecular weight is 275 g/mol. The summed E-state index contributed by atoms with van der Waals surface area (Å²) in [5.74, 6) is 0.345. The number of aliphatic hydroxyl groups is 1. The molecule has 1 aliphatic carbocycles. The summed E-state index contributed by atoms with van der Waals surface area (Å²) in [6.45, 7) is 2.12. The van der Waals surface area contributed by atoms with Crippen LogP contribution in [0.1, 0.15) is 30.4 Å². The third-order valence-electron chi connectivity index (χ3n) is 5.30. The number of rotatable bonds is 3. The number of hydrogen-bond acceptors (Lipinski definition) is 3. The maximum Gasteiger partial charge on any atom is 0.0641 e. The first-order valence-corrected chi connectivity index (χ1v) is 7.78. The Balaban J connectivity index is 1.81. The van der Waals surface area contributed by atoms with Gasteiger partial charge in [0.25, 0.3) is 0 Å². The molecule has 2 atom stereocenters. The van der Waals surface area contributed by atoms with Gasteiger partial charge in [-0.2, -0.15) is 0 Å². The average Bonchev–Trinajstić information content (AvgIpc) is 2.54. The van der Waals surface area contributed by atoms with E-state index in [1.807, 2.05) is 0 Å². The minimum atomic E-state index is -0.301. The van der Waals surface area contributed by atoms with E-state index in [-0.39, 0.29) is 11.5 Å². The highest BCUT2D eigenvalue weighted by molar-refractivity contribution is 5.31. The van der Waals surface area contributed by atoms with Crippen molar-refractivity contribution in [2.45, 2.75) is 38.2 Å². The minimum Gasteiger partial charge on any atom is -0.392 e. The SMILES string of the molecule is NCC1(C(O)C2CCOCC2)CCc2ccccc2C1. The normalized spacial score (nSPS) is 28.9. The zero-order valence-electron chi connectivity index (χ0n) is 12.1. The van der Waals surface area contributed by atoms with Crippen molar-refractivity contribution in [2.75, 3.05) is 19.8 Å². The Labute approximate surface area is 121 Å². The van der Waals surface area contributed by atoms with Crippen molar-refractivity contribution >= 4 is 0 Å². The molecule has 1 fully saturated rings. The number of fused-ring (bicyclic) bond motifs is 1. The van der Waals surface area contributed by atoms with Gasteiger partial charge in [0.2, 0.25) is 0 Å². The Morgan fingerprint density at radius 2 is 1.95 bits per heavy atom. The first-order valence-electron chi connectivity index (χ1n) is 7.78. The van der Waals surface area contributed by atoms with Crippen LogP contribution in [-0.4, -0.2) is 31.0 Å². The summed E-state index contributed by atoms with van der Waals surface area (Å²) in [4.78, 5) is 0. The van der Waals surface area contributed by atoms with Gasteiger partial charge in [-0.05, 0) is 49.1 Å². The molecule has 3 heteroatoms. The van der Waals surface area contributed by atoms with Gasteiger partial charge in [-0.1, -0.05) is 24.3 Å². The number of benzene rings is 1. The van der Waals surface area contributed by atoms with Crippen LogP contribution in [0.5, 0.6) is 0 Å². The Kier molecular flexibility index (Phi) is 4.11. The maximum absolute atomic E-state index is 10.9. The fourth-order valence-electron chi connectivity index (χ4n) is 3.90. The van der Waals surface area contributed by atoms with Crippen molar-refractivity contribution in [3.63, 3.8) is 0 Å². The highest BCUT2D eigenvalue weighted by Gasteiger charge is 2.43. The maximum atomic E-state index is 10.9. The third-order valence-corrected chi connectivity index (χ3v) is 5.30. The van der Waals surface area contributed by atoms with Gasteiger partial charge in [0, 0.05) is 25.2 Å². The third kappa shape index (κ3) is 2.50. The number of aliphatic hydroxyl groups excluding tert-OH is 1. The van der Waals surface area contributed by atoms with E-state index < -0.39 is 0 Å². The largest absolute Gasteiger partial charge is 0.392 e. The lowest BCUT2D eigenvalue weighted by molar-refractivity contribution is -0.0610. The van der Waals surface area contributed by atoms with E-state index in [2.05, 4.69) is 24.3 Å². The molecular formula is C17H25NO2. The lowest BCUT2D eigenvalue weighted by Crippen LogP contribution is -2.50. The molecule has 0 aromatic heterocycles. The van der Waals surface area contributed by atoms with Crippen LogP contribution in [0.2, 0.25) is 0 Å². The lowest BCUT2D eigenvalue weighted by Gasteiger charge is -2.45. The first-order chi connectivity index (χ1) is 9.75. The first kappa shape index (κ1) is 14.1. The molecule has 0 saturated carbocycles. The molecule has 1 aromatic carbocycles. The summed E-state index contributed by atoms with van der Waals surface area (Å²) in [5, 5.41) is 10.9. The quantitative estimate of drug-likeness (QED) is 0.886. The molecule has 1 heterocycles. The topological polar surface area (TPSA) is 55.5 Å². The van der Waals surface area contributed by atoms with Crippen molar-refractivity contribution < 1.29 is 9.84 Å². The molecule has 3 nitrogen and oxygen atoms in total. The molecular weight excluding hydrogens is 250 g/mol. The Morgan fingerprint density at radius 1 is 1.25 bits per heavy atom. The van der Waals surface area contributed by atoms with Gasteiger partial charge in [-0.15, -0.1) is 0 Å². The molecule has 0 amide bonds. The van der Waals surface area contributed by atoms with Crippen LogP contribution in [0.15, 0.2) is 24.3 Å². The summed E-state index contributed by atoms with van der Waals surface area (Å²) in [6, 6.07) is 8.58. The van der Waals surface area contributed by atoms with Gasteiger partial charge >= 0.3 is 0 Å². The number of aryl methyl sites for hydroxylation is 1. The van der Waals surface area contributed by atoms with Gasteiger partial charge in [0.1, 0.15) is 0 Å². The molecule has 110 valence electrons. The Bertz CT molecular complexity index is 456. The van der Waals surface area contributed by atoms with E-state index in [4.69, 9.17) is 10.5 Å². The van der Waals surface area contributed by atoms with Crippen molar-refractivity contribution in [2.24, 2.45) is 17.1 Å². The second-order valence-corrected chi connectivity index (χ2v) is 6.41. The molecule has 1 saturated heterocycles. The van der Waals surface area contributed by atoms with Crippen LogP contribution < -0.4 is 5.73 Å². The molecule has 3 N–H and O–H groups in total. The Morgan fingerprint density at radius 3 is 2.65 bits per heavy atom. The highest BCUT2D eigenvalue weighted by atomic mass is 16.5. The zero-order chi connectivity index (χ0) is 14.0. The zero-order valence-corrected chi connectivity index (χ0v) is 12.1. The molecule has 2 unspecified atom stereocenters. The summed E-state index contributed by atoms with van der Waals surface area (Å²) in [7, 11) is 0. The van der Waals surface area contributed by atoms with Gasteiger partial charge in [0.15, 0.2) is 0 Å². The summed E-state index contributed by atoms with van der Waals surface area (Å²) in [5.41, 5.74) is 8.77. The van der Waals surface area contributed by atoms with Crippen LogP contribution in [0.25, 0.3) is 0 Å². The van der Waals surface area contributed by atoms with Crippen LogP contribution in [0.3, 0.4) is 0 Å². The van der Waals surface area contributed by atoms with Gasteiger partial charge < -0.3 is 15.6 Å². The second kappa shape index (κ2) is 5.84. The summed E-state index contributed by atoms with van der Waals surface area (Å²) in [6.07, 6.45) is 4.57. The smallest absolute Gasteiger partial charge is 0.0641 e. The number of ether oxygens (including phenoxy) is 1. The molecule has 2 aliphatic rings. The predicted molar refractivity (Wildman–Crippen MR) is 79.5 cm³/mol. The van der Waals surface area contributed by atoms with E-state index in [1.54, 1.807) is 0 Å². The lowest BCUT2D eigenvalue weighted by atomic mass is 9.64. The van der Waals surface area contributed by atoms with Crippen molar-refractivity contribution in [1.29, 1.82) is 0 Å². The van der Waals surface area contributed by atoms with Crippen LogP contribution in [-0.2, 0) is 17.6 Å². The van der Waals surface area contributed by atoms with E-state index in [0.717, 1.165) is 45.3 Å². The van der Waals surface area contributed by atoms with E-state index in [9.17, 15) is 5.11 Å². The summed E-state index contributed by atoms with van der Waals surface area (Å²) >= 11 is 0. The number of hydrogen-bond donors (Lipinski definition) is 2. The van der Waals surface area contributed by atoms with E-state index in [0.29, 0.717) is 12.5 Å². The van der Waals surface area contributed by atoms with Crippen molar-refractivity contribution in [3.8, 4) is 0 Å². The Hall–Kier alpha value is -0.900. The molecule has 1 aliphatic heterocycles. The molecule has 0 bridgehead atoms. The summed E-state index contributed by atoms with van der Waals surface area (Å²) < 4.78 is 5.42. The molecule has 20 heavy (non-hydrogen) atoms.